The Morgan fingerprint density at radius 1 is 1.11 bits per heavy atom. The highest BCUT2D eigenvalue weighted by molar-refractivity contribution is 7.80. The van der Waals surface area contributed by atoms with E-state index in [0.29, 0.717) is 0 Å². The second-order valence-electron chi connectivity index (χ2n) is 4.90. The number of imidazole rings is 1. The predicted octanol–water partition coefficient (Wildman–Crippen LogP) is 3.78. The van der Waals surface area contributed by atoms with Gasteiger partial charge >= 0.3 is 0 Å². The lowest BCUT2D eigenvalue weighted by Crippen LogP contribution is -1.92. The topological polar surface area (TPSA) is 28.7 Å². The Labute approximate surface area is 114 Å². The Morgan fingerprint density at radius 3 is 2.28 bits per heavy atom. The molecule has 0 spiro atoms. The first-order valence-corrected chi connectivity index (χ1v) is 6.90. The van der Waals surface area contributed by atoms with Crippen molar-refractivity contribution in [2.45, 2.75) is 34.1 Å². The molecule has 1 heterocycles. The summed E-state index contributed by atoms with van der Waals surface area (Å²) in [5.41, 5.74) is 7.37. The number of rotatable bonds is 3. The van der Waals surface area contributed by atoms with E-state index >= 15 is 0 Å². The number of aromatic nitrogens is 2. The van der Waals surface area contributed by atoms with Crippen LogP contribution in [0.2, 0.25) is 0 Å². The smallest absolute Gasteiger partial charge is 0.107 e. The lowest BCUT2D eigenvalue weighted by Gasteiger charge is -2.09. The summed E-state index contributed by atoms with van der Waals surface area (Å²) in [6, 6.07) is 4.43. The molecule has 0 fully saturated rings. The molecule has 0 bridgehead atoms. The monoisotopic (exact) mass is 260 g/mol. The van der Waals surface area contributed by atoms with E-state index < -0.39 is 0 Å². The van der Waals surface area contributed by atoms with E-state index in [9.17, 15) is 0 Å². The summed E-state index contributed by atoms with van der Waals surface area (Å²) in [4.78, 5) is 8.07. The van der Waals surface area contributed by atoms with Gasteiger partial charge in [-0.15, -0.1) is 0 Å². The Bertz CT molecular complexity index is 547. The number of hydrogen-bond donors (Lipinski definition) is 2. The average molecular weight is 260 g/mol. The second kappa shape index (κ2) is 5.19. The van der Waals surface area contributed by atoms with Gasteiger partial charge in [0.15, 0.2) is 0 Å². The van der Waals surface area contributed by atoms with Crippen molar-refractivity contribution in [2.24, 2.45) is 0 Å². The van der Waals surface area contributed by atoms with Crippen molar-refractivity contribution in [1.82, 2.24) is 9.97 Å². The first-order valence-electron chi connectivity index (χ1n) is 6.27. The number of H-pyrrole nitrogens is 1. The predicted molar refractivity (Wildman–Crippen MR) is 80.5 cm³/mol. The number of aromatic amines is 1. The van der Waals surface area contributed by atoms with Gasteiger partial charge in [0.25, 0.3) is 0 Å². The molecule has 1 N–H and O–H groups in total. The number of nitrogens with one attached hydrogen (secondary N) is 1. The van der Waals surface area contributed by atoms with Crippen LogP contribution in [0.25, 0.3) is 11.3 Å². The van der Waals surface area contributed by atoms with Gasteiger partial charge in [-0.3, -0.25) is 0 Å². The summed E-state index contributed by atoms with van der Waals surface area (Å²) in [5.74, 6) is 1.84. The highest BCUT2D eigenvalue weighted by Gasteiger charge is 2.13. The van der Waals surface area contributed by atoms with Crippen molar-refractivity contribution < 1.29 is 0 Å². The van der Waals surface area contributed by atoms with Crippen molar-refractivity contribution in [3.63, 3.8) is 0 Å². The third kappa shape index (κ3) is 2.46. The maximum atomic E-state index is 4.72. The van der Waals surface area contributed by atoms with Gasteiger partial charge in [-0.1, -0.05) is 17.7 Å². The highest BCUT2D eigenvalue weighted by Crippen LogP contribution is 2.29. The van der Waals surface area contributed by atoms with E-state index in [0.717, 1.165) is 29.4 Å². The fourth-order valence-electron chi connectivity index (χ4n) is 2.54. The molecule has 0 radical (unpaired) electrons. The molecule has 0 saturated carbocycles. The SMILES string of the molecule is Cc1cc(C)c(-c2nc(CCS)[nH]c2C)c(C)c1. The third-order valence-electron chi connectivity index (χ3n) is 3.20. The zero-order chi connectivity index (χ0) is 13.3. The quantitative estimate of drug-likeness (QED) is 0.808. The van der Waals surface area contributed by atoms with Crippen molar-refractivity contribution in [3.05, 3.63) is 40.3 Å². The van der Waals surface area contributed by atoms with E-state index in [1.807, 2.05) is 0 Å². The summed E-state index contributed by atoms with van der Waals surface area (Å²) in [6.45, 7) is 8.53. The Kier molecular flexibility index (Phi) is 3.81. The molecule has 0 aliphatic rings. The maximum absolute atomic E-state index is 4.72. The van der Waals surface area contributed by atoms with Gasteiger partial charge in [-0.25, -0.2) is 4.98 Å². The minimum atomic E-state index is 0.818. The van der Waals surface area contributed by atoms with Crippen LogP contribution in [-0.2, 0) is 6.42 Å². The minimum absolute atomic E-state index is 0.818. The summed E-state index contributed by atoms with van der Waals surface area (Å²) in [5, 5.41) is 0. The molecule has 0 aliphatic heterocycles. The normalized spacial score (nSPS) is 10.9. The third-order valence-corrected chi connectivity index (χ3v) is 3.42. The fourth-order valence-corrected chi connectivity index (χ4v) is 2.76. The number of aryl methyl sites for hydroxylation is 5. The zero-order valence-electron chi connectivity index (χ0n) is 11.5. The van der Waals surface area contributed by atoms with Crippen LogP contribution in [0.1, 0.15) is 28.2 Å². The number of thiol groups is 1. The van der Waals surface area contributed by atoms with E-state index in [1.54, 1.807) is 0 Å². The molecule has 0 saturated heterocycles. The van der Waals surface area contributed by atoms with E-state index in [-0.39, 0.29) is 0 Å². The highest BCUT2D eigenvalue weighted by atomic mass is 32.1. The second-order valence-corrected chi connectivity index (χ2v) is 5.35. The standard InChI is InChI=1S/C15H20N2S/c1-9-7-10(2)14(11(3)8-9)15-12(4)16-13(17-15)5-6-18/h7-8,18H,5-6H2,1-4H3,(H,16,17). The fraction of sp³-hybridized carbons (Fsp3) is 0.400. The summed E-state index contributed by atoms with van der Waals surface area (Å²) < 4.78 is 0. The van der Waals surface area contributed by atoms with E-state index in [1.165, 1.54) is 22.3 Å². The van der Waals surface area contributed by atoms with Gasteiger partial charge < -0.3 is 4.98 Å². The Balaban J connectivity index is 2.55. The lowest BCUT2D eigenvalue weighted by molar-refractivity contribution is 0.994. The molecule has 1 aromatic heterocycles. The Hall–Kier alpha value is -1.22. The molecular weight excluding hydrogens is 240 g/mol. The first-order chi connectivity index (χ1) is 8.52. The summed E-state index contributed by atoms with van der Waals surface area (Å²) in [7, 11) is 0. The molecule has 18 heavy (non-hydrogen) atoms. The number of hydrogen-bond acceptors (Lipinski definition) is 2. The van der Waals surface area contributed by atoms with Gasteiger partial charge in [0.1, 0.15) is 5.82 Å². The van der Waals surface area contributed by atoms with E-state index in [4.69, 9.17) is 4.98 Å². The molecule has 3 heteroatoms. The molecule has 0 aliphatic carbocycles. The number of benzene rings is 1. The molecular formula is C15H20N2S. The van der Waals surface area contributed by atoms with Gasteiger partial charge in [0.2, 0.25) is 0 Å². The van der Waals surface area contributed by atoms with Crippen LogP contribution < -0.4 is 0 Å². The molecule has 2 aromatic rings. The van der Waals surface area contributed by atoms with E-state index in [2.05, 4.69) is 57.4 Å². The van der Waals surface area contributed by atoms with Crippen LogP contribution in [0.15, 0.2) is 12.1 Å². The zero-order valence-corrected chi connectivity index (χ0v) is 12.4. The van der Waals surface area contributed by atoms with Gasteiger partial charge in [-0.05, 0) is 44.6 Å². The summed E-state index contributed by atoms with van der Waals surface area (Å²) >= 11 is 4.26. The van der Waals surface area contributed by atoms with Crippen LogP contribution in [0, 0.1) is 27.7 Å². The number of nitrogens with zero attached hydrogens (tertiary/aromatic N) is 1. The molecule has 0 atom stereocenters. The maximum Gasteiger partial charge on any atom is 0.107 e. The van der Waals surface area contributed by atoms with Gasteiger partial charge in [0.05, 0.1) is 5.69 Å². The lowest BCUT2D eigenvalue weighted by atomic mass is 9.96. The molecule has 2 nitrogen and oxygen atoms in total. The van der Waals surface area contributed by atoms with Crippen molar-refractivity contribution in [1.29, 1.82) is 0 Å². The van der Waals surface area contributed by atoms with Crippen molar-refractivity contribution in [2.75, 3.05) is 5.75 Å². The molecule has 2 rings (SSSR count). The van der Waals surface area contributed by atoms with Crippen LogP contribution in [0.5, 0.6) is 0 Å². The molecule has 96 valence electrons. The van der Waals surface area contributed by atoms with Crippen LogP contribution in [-0.4, -0.2) is 15.7 Å². The van der Waals surface area contributed by atoms with Gasteiger partial charge in [0, 0.05) is 17.7 Å². The van der Waals surface area contributed by atoms with Crippen molar-refractivity contribution in [3.8, 4) is 11.3 Å². The minimum Gasteiger partial charge on any atom is -0.346 e. The van der Waals surface area contributed by atoms with Gasteiger partial charge in [-0.2, -0.15) is 12.6 Å². The summed E-state index contributed by atoms with van der Waals surface area (Å²) in [6.07, 6.45) is 0.883. The van der Waals surface area contributed by atoms with Crippen LogP contribution in [0.4, 0.5) is 0 Å². The molecule has 0 amide bonds. The first kappa shape index (κ1) is 13.2. The average Bonchev–Trinajstić information content (AvgIpc) is 2.59. The van der Waals surface area contributed by atoms with Crippen LogP contribution in [0.3, 0.4) is 0 Å². The molecule has 0 unspecified atom stereocenters. The van der Waals surface area contributed by atoms with Crippen molar-refractivity contribution >= 4 is 12.6 Å². The van der Waals surface area contributed by atoms with Crippen LogP contribution >= 0.6 is 12.6 Å². The molecule has 1 aromatic carbocycles. The Morgan fingerprint density at radius 2 is 1.72 bits per heavy atom. The largest absolute Gasteiger partial charge is 0.346 e.